The van der Waals surface area contributed by atoms with Crippen LogP contribution in [-0.4, -0.2) is 13.1 Å². The smallest absolute Gasteiger partial charge is 0.0576 e. The zero-order valence-electron chi connectivity index (χ0n) is 7.32. The second-order valence-electron chi connectivity index (χ2n) is 3.19. The maximum atomic E-state index is 3.30. The molecule has 0 radical (unpaired) electrons. The first-order valence-corrected chi connectivity index (χ1v) is 4.54. The van der Waals surface area contributed by atoms with Crippen LogP contribution in [0.5, 0.6) is 0 Å². The van der Waals surface area contributed by atoms with Gasteiger partial charge < -0.3 is 5.32 Å². The monoisotopic (exact) mass is 151 g/mol. The lowest BCUT2D eigenvalue weighted by Gasteiger charge is -1.98. The largest absolute Gasteiger partial charge is 0.306 e. The lowest BCUT2D eigenvalue weighted by molar-refractivity contribution is 0.619. The Morgan fingerprint density at radius 3 is 2.91 bits per heavy atom. The van der Waals surface area contributed by atoms with Gasteiger partial charge in [0.1, 0.15) is 0 Å². The molecular weight excluding hydrogens is 134 g/mol. The van der Waals surface area contributed by atoms with Gasteiger partial charge in [-0.05, 0) is 32.2 Å². The number of rotatable bonds is 5. The van der Waals surface area contributed by atoms with Gasteiger partial charge in [-0.25, -0.2) is 0 Å². The molecule has 1 heteroatoms. The average molecular weight is 151 g/mol. The summed E-state index contributed by atoms with van der Waals surface area (Å²) in [5.74, 6) is 6.94. The number of hydrogen-bond acceptors (Lipinski definition) is 1. The van der Waals surface area contributed by atoms with Gasteiger partial charge in [-0.1, -0.05) is 18.8 Å². The van der Waals surface area contributed by atoms with Crippen molar-refractivity contribution in [1.82, 2.24) is 5.32 Å². The van der Waals surface area contributed by atoms with Gasteiger partial charge in [0.25, 0.3) is 0 Å². The number of hydrogen-bond donors (Lipinski definition) is 1. The van der Waals surface area contributed by atoms with Crippen LogP contribution in [0.3, 0.4) is 0 Å². The van der Waals surface area contributed by atoms with Crippen LogP contribution in [0.1, 0.15) is 32.6 Å². The maximum Gasteiger partial charge on any atom is 0.0576 e. The summed E-state index contributed by atoms with van der Waals surface area (Å²) in [5, 5.41) is 3.30. The van der Waals surface area contributed by atoms with E-state index in [4.69, 9.17) is 0 Å². The predicted octanol–water partition coefficient (Wildman–Crippen LogP) is 1.79. The quantitative estimate of drug-likeness (QED) is 0.466. The highest BCUT2D eigenvalue weighted by molar-refractivity contribution is 4.96. The molecule has 0 spiro atoms. The molecule has 1 aliphatic rings. The van der Waals surface area contributed by atoms with Crippen LogP contribution < -0.4 is 5.32 Å². The standard InChI is InChI=1S/C10H17N/c1-2-3-8-11-9-4-5-10-6-7-10/h10-11H,4-9H2,1H3. The summed E-state index contributed by atoms with van der Waals surface area (Å²) in [6.07, 6.45) is 5.71. The molecule has 62 valence electrons. The normalized spacial score (nSPS) is 15.7. The van der Waals surface area contributed by atoms with Crippen LogP contribution in [0.2, 0.25) is 0 Å². The van der Waals surface area contributed by atoms with Crippen LogP contribution in [0.15, 0.2) is 0 Å². The molecule has 0 saturated heterocycles. The van der Waals surface area contributed by atoms with Gasteiger partial charge in [0.15, 0.2) is 0 Å². The lowest BCUT2D eigenvalue weighted by Crippen LogP contribution is -2.15. The first kappa shape index (κ1) is 8.62. The van der Waals surface area contributed by atoms with E-state index < -0.39 is 0 Å². The Morgan fingerprint density at radius 1 is 1.45 bits per heavy atom. The molecule has 1 nitrogen and oxygen atoms in total. The Morgan fingerprint density at radius 2 is 2.27 bits per heavy atom. The van der Waals surface area contributed by atoms with Crippen LogP contribution in [0.25, 0.3) is 0 Å². The zero-order valence-corrected chi connectivity index (χ0v) is 7.32. The van der Waals surface area contributed by atoms with Crippen molar-refractivity contribution in [2.45, 2.75) is 32.6 Å². The molecule has 0 heterocycles. The third-order valence-corrected chi connectivity index (χ3v) is 2.05. The molecule has 1 N–H and O–H groups in total. The predicted molar refractivity (Wildman–Crippen MR) is 48.3 cm³/mol. The van der Waals surface area contributed by atoms with E-state index in [-0.39, 0.29) is 0 Å². The molecule has 1 rings (SSSR count). The second kappa shape index (κ2) is 5.21. The van der Waals surface area contributed by atoms with Gasteiger partial charge in [-0.15, -0.1) is 5.92 Å². The van der Waals surface area contributed by atoms with E-state index >= 15 is 0 Å². The zero-order chi connectivity index (χ0) is 7.94. The molecule has 1 aliphatic carbocycles. The van der Waals surface area contributed by atoms with Gasteiger partial charge in [0.05, 0.1) is 6.54 Å². The maximum absolute atomic E-state index is 3.30. The molecule has 0 atom stereocenters. The second-order valence-corrected chi connectivity index (χ2v) is 3.19. The SMILES string of the molecule is CC#CCNCCCC1CC1. The van der Waals surface area contributed by atoms with Crippen molar-refractivity contribution < 1.29 is 0 Å². The van der Waals surface area contributed by atoms with Crippen molar-refractivity contribution in [2.24, 2.45) is 5.92 Å². The summed E-state index contributed by atoms with van der Waals surface area (Å²) < 4.78 is 0. The molecule has 0 unspecified atom stereocenters. The minimum Gasteiger partial charge on any atom is -0.306 e. The summed E-state index contributed by atoms with van der Waals surface area (Å²) in [6.45, 7) is 3.89. The highest BCUT2D eigenvalue weighted by Gasteiger charge is 2.19. The van der Waals surface area contributed by atoms with E-state index in [1.165, 1.54) is 25.7 Å². The fourth-order valence-electron chi connectivity index (χ4n) is 1.16. The van der Waals surface area contributed by atoms with Crippen LogP contribution in [0.4, 0.5) is 0 Å². The van der Waals surface area contributed by atoms with Gasteiger partial charge >= 0.3 is 0 Å². The summed E-state index contributed by atoms with van der Waals surface area (Å²) in [5.41, 5.74) is 0. The average Bonchev–Trinajstić information content (AvgIpc) is 2.80. The van der Waals surface area contributed by atoms with Crippen molar-refractivity contribution in [2.75, 3.05) is 13.1 Å². The van der Waals surface area contributed by atoms with Crippen molar-refractivity contribution in [3.63, 3.8) is 0 Å². The van der Waals surface area contributed by atoms with E-state index in [0.29, 0.717) is 0 Å². The molecule has 0 aromatic rings. The van der Waals surface area contributed by atoms with Gasteiger partial charge in [0, 0.05) is 0 Å². The first-order chi connectivity index (χ1) is 5.43. The first-order valence-electron chi connectivity index (χ1n) is 4.54. The van der Waals surface area contributed by atoms with E-state index in [1.54, 1.807) is 0 Å². The Hall–Kier alpha value is -0.480. The van der Waals surface area contributed by atoms with E-state index in [2.05, 4.69) is 17.2 Å². The van der Waals surface area contributed by atoms with Crippen molar-refractivity contribution in [3.05, 3.63) is 0 Å². The van der Waals surface area contributed by atoms with Gasteiger partial charge in [0.2, 0.25) is 0 Å². The fraction of sp³-hybridized carbons (Fsp3) is 0.800. The van der Waals surface area contributed by atoms with Crippen LogP contribution >= 0.6 is 0 Å². The molecule has 0 aliphatic heterocycles. The van der Waals surface area contributed by atoms with Crippen molar-refractivity contribution in [3.8, 4) is 11.8 Å². The Bertz CT molecular complexity index is 148. The molecule has 0 aromatic carbocycles. The van der Waals surface area contributed by atoms with Gasteiger partial charge in [-0.2, -0.15) is 0 Å². The summed E-state index contributed by atoms with van der Waals surface area (Å²) in [7, 11) is 0. The van der Waals surface area contributed by atoms with Crippen molar-refractivity contribution in [1.29, 1.82) is 0 Å². The van der Waals surface area contributed by atoms with E-state index in [1.807, 2.05) is 6.92 Å². The highest BCUT2D eigenvalue weighted by atomic mass is 14.8. The molecule has 0 bridgehead atoms. The minimum atomic E-state index is 0.862. The lowest BCUT2D eigenvalue weighted by atomic mass is 10.2. The third-order valence-electron chi connectivity index (χ3n) is 2.05. The summed E-state index contributed by atoms with van der Waals surface area (Å²) in [4.78, 5) is 0. The fourth-order valence-corrected chi connectivity index (χ4v) is 1.16. The van der Waals surface area contributed by atoms with Crippen molar-refractivity contribution >= 4 is 0 Å². The molecule has 1 saturated carbocycles. The molecule has 1 fully saturated rings. The van der Waals surface area contributed by atoms with Crippen LogP contribution in [0, 0.1) is 17.8 Å². The molecule has 11 heavy (non-hydrogen) atoms. The Kier molecular flexibility index (Phi) is 4.08. The summed E-state index contributed by atoms with van der Waals surface area (Å²) >= 11 is 0. The van der Waals surface area contributed by atoms with E-state index in [0.717, 1.165) is 19.0 Å². The third kappa shape index (κ3) is 4.86. The molecular formula is C10H17N. The topological polar surface area (TPSA) is 12.0 Å². The minimum absolute atomic E-state index is 0.862. The van der Waals surface area contributed by atoms with Crippen LogP contribution in [-0.2, 0) is 0 Å². The van der Waals surface area contributed by atoms with Gasteiger partial charge in [-0.3, -0.25) is 0 Å². The van der Waals surface area contributed by atoms with E-state index in [9.17, 15) is 0 Å². The molecule has 0 amide bonds. The Balaban J connectivity index is 1.75. The molecule has 0 aromatic heterocycles. The number of nitrogens with one attached hydrogen (secondary N) is 1. The summed E-state index contributed by atoms with van der Waals surface area (Å²) in [6, 6.07) is 0. The Labute approximate surface area is 69.6 Å². The highest BCUT2D eigenvalue weighted by Crippen LogP contribution is 2.33.